The molecule has 0 bridgehead atoms. The van der Waals surface area contributed by atoms with Crippen molar-refractivity contribution in [1.82, 2.24) is 20.4 Å². The molecule has 304 valence electrons. The van der Waals surface area contributed by atoms with Gasteiger partial charge in [-0.2, -0.15) is 23.3 Å². The summed E-state index contributed by atoms with van der Waals surface area (Å²) < 4.78 is 59.6. The second-order valence-electron chi connectivity index (χ2n) is 13.1. The lowest BCUT2D eigenvalue weighted by atomic mass is 9.94. The third kappa shape index (κ3) is 13.8. The largest absolute Gasteiger partial charge is 0.490 e. The molecule has 4 N–H and O–H groups in total. The number of amidine groups is 1. The minimum Gasteiger partial charge on any atom is -0.490 e. The summed E-state index contributed by atoms with van der Waals surface area (Å²) in [5.74, 6) is -2.27. The Balaban J connectivity index is 0.00000108. The molecule has 0 aliphatic heterocycles. The maximum absolute atomic E-state index is 16.6. The van der Waals surface area contributed by atoms with Gasteiger partial charge in [-0.1, -0.05) is 44.1 Å². The van der Waals surface area contributed by atoms with Crippen LogP contribution in [-0.2, 0) is 16.0 Å². The Morgan fingerprint density at radius 1 is 1.05 bits per heavy atom. The lowest BCUT2D eigenvalue weighted by Gasteiger charge is -2.29. The zero-order valence-corrected chi connectivity index (χ0v) is 32.3. The summed E-state index contributed by atoms with van der Waals surface area (Å²) in [6, 6.07) is 16.6. The number of halogens is 4. The molecule has 1 amide bonds. The van der Waals surface area contributed by atoms with Crippen molar-refractivity contribution < 1.29 is 51.4 Å². The number of carbonyl (C=O) groups is 3. The van der Waals surface area contributed by atoms with Crippen molar-refractivity contribution in [2.45, 2.75) is 46.3 Å². The normalized spacial score (nSPS) is 12.0. The molecule has 0 fully saturated rings. The van der Waals surface area contributed by atoms with E-state index in [1.54, 1.807) is 74.6 Å². The number of aldehydes is 1. The highest BCUT2D eigenvalue weighted by Gasteiger charge is 2.38. The van der Waals surface area contributed by atoms with Gasteiger partial charge in [0.1, 0.15) is 6.04 Å². The molecule has 14 nitrogen and oxygen atoms in total. The number of aliphatic hydroxyl groups is 1. The number of anilines is 2. The van der Waals surface area contributed by atoms with Gasteiger partial charge in [-0.15, -0.1) is 0 Å². The molecule has 0 radical (unpaired) electrons. The topological polar surface area (TPSA) is 183 Å². The number of alkyl halides is 3. The number of hydrogen-bond donors (Lipinski definition) is 4. The second-order valence-corrected chi connectivity index (χ2v) is 13.1. The van der Waals surface area contributed by atoms with Gasteiger partial charge in [0, 0.05) is 55.4 Å². The number of amides is 1. The Kier molecular flexibility index (Phi) is 17.6. The Morgan fingerprint density at radius 2 is 1.68 bits per heavy atom. The number of nitrogens with zero attached hydrogens (tertiary/aromatic N) is 5. The van der Waals surface area contributed by atoms with E-state index in [0.29, 0.717) is 41.5 Å². The molecule has 3 aromatic carbocycles. The zero-order valence-electron chi connectivity index (χ0n) is 32.3. The van der Waals surface area contributed by atoms with Crippen molar-refractivity contribution >= 4 is 35.9 Å². The maximum atomic E-state index is 16.6. The Bertz CT molecular complexity index is 1920. The van der Waals surface area contributed by atoms with Gasteiger partial charge in [0.2, 0.25) is 18.1 Å². The van der Waals surface area contributed by atoms with Gasteiger partial charge in [-0.25, -0.2) is 9.18 Å². The number of aromatic nitrogens is 2. The molecule has 18 heteroatoms. The van der Waals surface area contributed by atoms with E-state index in [1.807, 2.05) is 21.0 Å². The van der Waals surface area contributed by atoms with Gasteiger partial charge in [-0.05, 0) is 68.5 Å². The van der Waals surface area contributed by atoms with E-state index in [-0.39, 0.29) is 29.2 Å². The van der Waals surface area contributed by atoms with Crippen LogP contribution >= 0.6 is 0 Å². The van der Waals surface area contributed by atoms with E-state index in [4.69, 9.17) is 24.3 Å². The van der Waals surface area contributed by atoms with Crippen LogP contribution in [0.4, 0.5) is 28.9 Å². The van der Waals surface area contributed by atoms with Crippen molar-refractivity contribution in [1.29, 1.82) is 0 Å². The highest BCUT2D eigenvalue weighted by molar-refractivity contribution is 5.98. The number of carbonyl (C=O) groups excluding carboxylic acids is 2. The Labute approximate surface area is 322 Å². The van der Waals surface area contributed by atoms with Gasteiger partial charge in [0.25, 0.3) is 0 Å². The molecule has 1 unspecified atom stereocenters. The quantitative estimate of drug-likeness (QED) is 0.0357. The molecule has 1 atom stereocenters. The number of benzene rings is 3. The van der Waals surface area contributed by atoms with E-state index >= 15 is 4.39 Å². The van der Waals surface area contributed by atoms with Crippen molar-refractivity contribution in [3.05, 3.63) is 89.1 Å². The van der Waals surface area contributed by atoms with Crippen LogP contribution in [0.25, 0.3) is 11.4 Å². The van der Waals surface area contributed by atoms with Gasteiger partial charge >= 0.3 is 12.1 Å². The molecule has 1 heterocycles. The number of nitrogens with one attached hydrogen (secondary N) is 2. The number of hydrazone groups is 1. The fourth-order valence-electron chi connectivity index (χ4n) is 5.29. The van der Waals surface area contributed by atoms with Crippen LogP contribution in [0.15, 0.2) is 70.3 Å². The third-order valence-corrected chi connectivity index (χ3v) is 7.58. The van der Waals surface area contributed by atoms with Gasteiger partial charge in [0.05, 0.1) is 12.3 Å². The van der Waals surface area contributed by atoms with Crippen LogP contribution in [0.5, 0.6) is 5.75 Å². The van der Waals surface area contributed by atoms with E-state index < -0.39 is 24.0 Å². The highest BCUT2D eigenvalue weighted by Crippen LogP contribution is 2.33. The fourth-order valence-corrected chi connectivity index (χ4v) is 5.29. The Morgan fingerprint density at radius 3 is 2.20 bits per heavy atom. The summed E-state index contributed by atoms with van der Waals surface area (Å²) in [5, 5.41) is 30.3. The average molecular weight is 790 g/mol. The summed E-state index contributed by atoms with van der Waals surface area (Å²) in [4.78, 5) is 39.0. The number of aryl methyl sites for hydroxylation is 2. The molecule has 0 aliphatic rings. The SMILES string of the molecule is CCc1cc(OCC(C)(C)CN(C)C)c(F)c(C(Nc2ccc(-c3noc(C)n3)cc2)/C(=N/N(C)c2ccccc2C=O)NC=O)c1.CO.O=C(O)C(F)(F)F. The number of carboxylic acids is 1. The van der Waals surface area contributed by atoms with Crippen molar-refractivity contribution in [3.63, 3.8) is 0 Å². The van der Waals surface area contributed by atoms with E-state index in [1.165, 1.54) is 5.01 Å². The molecule has 4 rings (SSSR count). The van der Waals surface area contributed by atoms with Crippen LogP contribution in [0, 0.1) is 18.2 Å². The molecular weight excluding hydrogens is 742 g/mol. The monoisotopic (exact) mass is 789 g/mol. The Hall–Kier alpha value is -5.88. The molecule has 0 spiro atoms. The lowest BCUT2D eigenvalue weighted by molar-refractivity contribution is -0.192. The number of aliphatic carboxylic acids is 1. The second kappa shape index (κ2) is 21.3. The van der Waals surface area contributed by atoms with Crippen LogP contribution in [0.2, 0.25) is 0 Å². The van der Waals surface area contributed by atoms with Gasteiger partial charge < -0.3 is 35.0 Å². The van der Waals surface area contributed by atoms with E-state index in [0.717, 1.165) is 31.1 Å². The standard InChI is InChI=1S/C35H42FN7O4.C2HF3O2.CH4O/c1-8-24-17-28(31(36)30(18-24)46-21-35(3,4)20-42(5)6)32(39-27-15-13-25(14-16-27)33-38-23(2)47-41-33)34(37-22-45)40-43(7)29-12-10-9-11-26(29)19-44;3-2(4,5)1(6)7;1-2/h9-19,22,32,39H,8,20-21H2,1-7H3,(H,37,40,45);(H,6,7);2H,1H3. The fraction of sp³-hybridized carbons (Fsp3) is 0.368. The van der Waals surface area contributed by atoms with E-state index in [2.05, 4.69) is 44.6 Å². The minimum atomic E-state index is -5.08. The first kappa shape index (κ1) is 46.3. The smallest absolute Gasteiger partial charge is 0.490 e. The number of ether oxygens (including phenoxy) is 1. The highest BCUT2D eigenvalue weighted by atomic mass is 19.4. The summed E-state index contributed by atoms with van der Waals surface area (Å²) in [6.07, 6.45) is -3.27. The minimum absolute atomic E-state index is 0.0899. The molecule has 0 aliphatic carbocycles. The zero-order chi connectivity index (χ0) is 42.2. The van der Waals surface area contributed by atoms with Crippen LogP contribution in [0.1, 0.15) is 54.2 Å². The van der Waals surface area contributed by atoms with Crippen molar-refractivity contribution in [2.24, 2.45) is 10.5 Å². The van der Waals surface area contributed by atoms with Crippen LogP contribution < -0.4 is 20.4 Å². The summed E-state index contributed by atoms with van der Waals surface area (Å²) in [5.41, 5.74) is 3.03. The predicted octanol–water partition coefficient (Wildman–Crippen LogP) is 6.12. The van der Waals surface area contributed by atoms with Crippen LogP contribution in [-0.4, -0.2) is 97.3 Å². The number of rotatable bonds is 15. The third-order valence-electron chi connectivity index (χ3n) is 7.58. The number of hydrogen-bond acceptors (Lipinski definition) is 12. The summed E-state index contributed by atoms with van der Waals surface area (Å²) in [7, 11) is 6.61. The first-order valence-electron chi connectivity index (χ1n) is 17.0. The molecule has 1 aromatic heterocycles. The first-order chi connectivity index (χ1) is 26.4. The van der Waals surface area contributed by atoms with Crippen molar-refractivity contribution in [2.75, 3.05) is 51.7 Å². The molecule has 4 aromatic rings. The molecular formula is C38H47F4N7O7. The van der Waals surface area contributed by atoms with Crippen molar-refractivity contribution in [3.8, 4) is 17.1 Å². The first-order valence-corrected chi connectivity index (χ1v) is 17.0. The predicted molar refractivity (Wildman–Crippen MR) is 203 cm³/mol. The van der Waals surface area contributed by atoms with Gasteiger partial charge in [0.15, 0.2) is 23.7 Å². The lowest BCUT2D eigenvalue weighted by Crippen LogP contribution is -2.36. The maximum Gasteiger partial charge on any atom is 0.490 e. The number of para-hydroxylation sites is 1. The van der Waals surface area contributed by atoms with Gasteiger partial charge in [-0.3, -0.25) is 14.6 Å². The molecule has 0 saturated heterocycles. The molecule has 56 heavy (non-hydrogen) atoms. The molecule has 0 saturated carbocycles. The summed E-state index contributed by atoms with van der Waals surface area (Å²) in [6.45, 7) is 8.83. The average Bonchev–Trinajstić information content (AvgIpc) is 3.59. The van der Waals surface area contributed by atoms with Crippen LogP contribution in [0.3, 0.4) is 0 Å². The number of carboxylic acid groups (broad SMARTS) is 1. The summed E-state index contributed by atoms with van der Waals surface area (Å²) >= 11 is 0. The number of aliphatic hydroxyl groups excluding tert-OH is 1. The van der Waals surface area contributed by atoms with E-state index in [9.17, 15) is 22.8 Å².